The number of furan rings is 1. The van der Waals surface area contributed by atoms with E-state index < -0.39 is 0 Å². The van der Waals surface area contributed by atoms with E-state index in [0.29, 0.717) is 30.1 Å². The van der Waals surface area contributed by atoms with Crippen LogP contribution in [0.4, 0.5) is 4.39 Å². The van der Waals surface area contributed by atoms with E-state index in [-0.39, 0.29) is 11.7 Å². The van der Waals surface area contributed by atoms with Gasteiger partial charge in [0.15, 0.2) is 11.5 Å². The SMILES string of the molecule is C[C@H]1CCCCN1CCCNC(=O)c1ccc(-c2c(-c3ccc(F)cc3)ncn2C2CCCCC2)o1. The topological polar surface area (TPSA) is 63.3 Å². The Morgan fingerprint density at radius 3 is 2.61 bits per heavy atom. The number of nitrogens with one attached hydrogen (secondary N) is 1. The van der Waals surface area contributed by atoms with Gasteiger partial charge in [-0.1, -0.05) is 25.7 Å². The van der Waals surface area contributed by atoms with Crippen molar-refractivity contribution in [3.63, 3.8) is 0 Å². The molecule has 6 nitrogen and oxygen atoms in total. The number of carbonyl (C=O) groups excluding carboxylic acids is 1. The van der Waals surface area contributed by atoms with Gasteiger partial charge < -0.3 is 19.2 Å². The highest BCUT2D eigenvalue weighted by atomic mass is 19.1. The summed E-state index contributed by atoms with van der Waals surface area (Å²) in [5.74, 6) is 0.446. The summed E-state index contributed by atoms with van der Waals surface area (Å²) in [5, 5.41) is 3.02. The zero-order valence-electron chi connectivity index (χ0n) is 21.2. The molecule has 1 atom stereocenters. The smallest absolute Gasteiger partial charge is 0.287 e. The largest absolute Gasteiger partial charge is 0.449 e. The van der Waals surface area contributed by atoms with E-state index in [1.54, 1.807) is 18.2 Å². The number of likely N-dealkylation sites (tertiary alicyclic amines) is 1. The number of rotatable bonds is 8. The first-order valence-corrected chi connectivity index (χ1v) is 13.6. The lowest BCUT2D eigenvalue weighted by Crippen LogP contribution is -2.39. The summed E-state index contributed by atoms with van der Waals surface area (Å²) in [5.41, 5.74) is 2.43. The summed E-state index contributed by atoms with van der Waals surface area (Å²) < 4.78 is 21.9. The van der Waals surface area contributed by atoms with Gasteiger partial charge in [0.1, 0.15) is 11.5 Å². The zero-order valence-corrected chi connectivity index (χ0v) is 21.2. The van der Waals surface area contributed by atoms with E-state index in [4.69, 9.17) is 9.40 Å². The normalized spacial score (nSPS) is 19.4. The maximum Gasteiger partial charge on any atom is 0.287 e. The minimum Gasteiger partial charge on any atom is -0.449 e. The minimum atomic E-state index is -0.279. The third kappa shape index (κ3) is 5.56. The summed E-state index contributed by atoms with van der Waals surface area (Å²) in [7, 11) is 0. The monoisotopic (exact) mass is 492 g/mol. The number of hydrogen-bond donors (Lipinski definition) is 1. The molecule has 7 heteroatoms. The van der Waals surface area contributed by atoms with Crippen LogP contribution in [0.1, 0.15) is 81.3 Å². The zero-order chi connectivity index (χ0) is 24.9. The van der Waals surface area contributed by atoms with E-state index in [0.717, 1.165) is 49.3 Å². The van der Waals surface area contributed by atoms with Gasteiger partial charge in [0.25, 0.3) is 5.91 Å². The van der Waals surface area contributed by atoms with Crippen LogP contribution in [-0.2, 0) is 0 Å². The van der Waals surface area contributed by atoms with E-state index in [9.17, 15) is 9.18 Å². The number of halogens is 1. The number of hydrogen-bond acceptors (Lipinski definition) is 4. The van der Waals surface area contributed by atoms with Crippen LogP contribution < -0.4 is 5.32 Å². The Bertz CT molecular complexity index is 1150. The Balaban J connectivity index is 1.31. The van der Waals surface area contributed by atoms with Crippen LogP contribution in [0.2, 0.25) is 0 Å². The second-order valence-corrected chi connectivity index (χ2v) is 10.3. The van der Waals surface area contributed by atoms with Crippen molar-refractivity contribution >= 4 is 5.91 Å². The summed E-state index contributed by atoms with van der Waals surface area (Å²) >= 11 is 0. The van der Waals surface area contributed by atoms with Gasteiger partial charge in [-0.15, -0.1) is 0 Å². The van der Waals surface area contributed by atoms with Crippen LogP contribution in [0.25, 0.3) is 22.7 Å². The molecule has 5 rings (SSSR count). The fourth-order valence-electron chi connectivity index (χ4n) is 5.71. The standard InChI is InChI=1S/C29H37FN4O2/c1-21-8-5-6-18-33(21)19-7-17-31-29(35)26-16-15-25(36-26)28-27(22-11-13-23(30)14-12-22)32-20-34(28)24-9-3-2-4-10-24/h11-16,20-21,24H,2-10,17-19H2,1H3,(H,31,35)/t21-/m0/s1. The molecule has 1 aliphatic heterocycles. The first kappa shape index (κ1) is 24.8. The maximum absolute atomic E-state index is 13.6. The van der Waals surface area contributed by atoms with Gasteiger partial charge >= 0.3 is 0 Å². The van der Waals surface area contributed by atoms with Crippen LogP contribution in [0.3, 0.4) is 0 Å². The third-order valence-electron chi connectivity index (χ3n) is 7.79. The molecule has 36 heavy (non-hydrogen) atoms. The van der Waals surface area contributed by atoms with Gasteiger partial charge in [-0.25, -0.2) is 9.37 Å². The van der Waals surface area contributed by atoms with E-state index in [2.05, 4.69) is 21.7 Å². The Kier molecular flexibility index (Phi) is 7.85. The molecule has 2 fully saturated rings. The van der Waals surface area contributed by atoms with Gasteiger partial charge in [-0.3, -0.25) is 4.79 Å². The fraction of sp³-hybridized carbons (Fsp3) is 0.517. The first-order chi connectivity index (χ1) is 17.6. The highest BCUT2D eigenvalue weighted by molar-refractivity contribution is 5.92. The molecule has 1 saturated carbocycles. The van der Waals surface area contributed by atoms with Gasteiger partial charge in [-0.2, -0.15) is 0 Å². The molecule has 1 aromatic carbocycles. The van der Waals surface area contributed by atoms with Gasteiger partial charge in [0.2, 0.25) is 0 Å². The molecule has 1 saturated heterocycles. The van der Waals surface area contributed by atoms with Crippen molar-refractivity contribution in [2.45, 2.75) is 76.8 Å². The lowest BCUT2D eigenvalue weighted by atomic mass is 9.95. The predicted octanol–water partition coefficient (Wildman–Crippen LogP) is 6.45. The van der Waals surface area contributed by atoms with Crippen LogP contribution in [0.5, 0.6) is 0 Å². The van der Waals surface area contributed by atoms with Crippen molar-refractivity contribution < 1.29 is 13.6 Å². The fourth-order valence-corrected chi connectivity index (χ4v) is 5.71. The molecule has 3 heterocycles. The number of carbonyl (C=O) groups is 1. The van der Waals surface area contributed by atoms with Gasteiger partial charge in [0.05, 0.1) is 12.0 Å². The molecule has 2 aliphatic rings. The molecule has 1 N–H and O–H groups in total. The summed E-state index contributed by atoms with van der Waals surface area (Å²) in [6, 6.07) is 11.0. The van der Waals surface area contributed by atoms with Crippen molar-refractivity contribution in [2.75, 3.05) is 19.6 Å². The van der Waals surface area contributed by atoms with Crippen molar-refractivity contribution in [1.29, 1.82) is 0 Å². The number of imidazole rings is 1. The number of nitrogens with zero attached hydrogens (tertiary/aromatic N) is 3. The predicted molar refractivity (Wildman–Crippen MR) is 139 cm³/mol. The van der Waals surface area contributed by atoms with Crippen LogP contribution in [0, 0.1) is 5.82 Å². The quantitative estimate of drug-likeness (QED) is 0.367. The molecule has 1 amide bonds. The van der Waals surface area contributed by atoms with Crippen molar-refractivity contribution in [3.05, 3.63) is 54.3 Å². The number of aromatic nitrogens is 2. The molecule has 0 bridgehead atoms. The maximum atomic E-state index is 13.6. The van der Waals surface area contributed by atoms with Gasteiger partial charge in [-0.05, 0) is 82.0 Å². The lowest BCUT2D eigenvalue weighted by molar-refractivity contribution is 0.0922. The molecular formula is C29H37FN4O2. The van der Waals surface area contributed by atoms with Crippen molar-refractivity contribution in [3.8, 4) is 22.7 Å². The van der Waals surface area contributed by atoms with E-state index in [1.807, 2.05) is 12.4 Å². The highest BCUT2D eigenvalue weighted by Gasteiger charge is 2.25. The highest BCUT2D eigenvalue weighted by Crippen LogP contribution is 2.38. The van der Waals surface area contributed by atoms with Crippen LogP contribution >= 0.6 is 0 Å². The summed E-state index contributed by atoms with van der Waals surface area (Å²) in [4.78, 5) is 20.1. The number of amides is 1. The third-order valence-corrected chi connectivity index (χ3v) is 7.79. The number of benzene rings is 1. The average Bonchev–Trinajstić information content (AvgIpc) is 3.56. The minimum absolute atomic E-state index is 0.194. The molecular weight excluding hydrogens is 455 g/mol. The summed E-state index contributed by atoms with van der Waals surface area (Å²) in [6.07, 6.45) is 12.5. The first-order valence-electron chi connectivity index (χ1n) is 13.6. The van der Waals surface area contributed by atoms with E-state index in [1.165, 1.54) is 50.7 Å². The Hall–Kier alpha value is -2.93. The van der Waals surface area contributed by atoms with Crippen LogP contribution in [0.15, 0.2) is 47.1 Å². The summed E-state index contributed by atoms with van der Waals surface area (Å²) in [6.45, 7) is 5.08. The Morgan fingerprint density at radius 1 is 1.06 bits per heavy atom. The van der Waals surface area contributed by atoms with Gasteiger partial charge in [0, 0.05) is 30.7 Å². The molecule has 3 aromatic rings. The average molecular weight is 493 g/mol. The molecule has 0 radical (unpaired) electrons. The second kappa shape index (κ2) is 11.4. The Labute approximate surface area is 212 Å². The van der Waals surface area contributed by atoms with Crippen molar-refractivity contribution in [1.82, 2.24) is 19.8 Å². The second-order valence-electron chi connectivity index (χ2n) is 10.3. The molecule has 0 spiro atoms. The van der Waals surface area contributed by atoms with E-state index >= 15 is 0 Å². The Morgan fingerprint density at radius 2 is 1.83 bits per heavy atom. The van der Waals surface area contributed by atoms with Crippen LogP contribution in [-0.4, -0.2) is 46.0 Å². The lowest BCUT2D eigenvalue weighted by Gasteiger charge is -2.33. The molecule has 2 aromatic heterocycles. The van der Waals surface area contributed by atoms with Crippen molar-refractivity contribution in [2.24, 2.45) is 0 Å². The number of piperidine rings is 1. The molecule has 0 unspecified atom stereocenters. The molecule has 192 valence electrons. The molecule has 1 aliphatic carbocycles.